The Balaban J connectivity index is 2.39. The minimum atomic E-state index is 0.764. The average molecular weight is 199 g/mol. The lowest BCUT2D eigenvalue weighted by Crippen LogP contribution is -1.95. The molecule has 3 nitrogen and oxygen atoms in total. The van der Waals surface area contributed by atoms with Gasteiger partial charge in [0.15, 0.2) is 0 Å². The van der Waals surface area contributed by atoms with Gasteiger partial charge in [-0.2, -0.15) is 0 Å². The zero-order chi connectivity index (χ0) is 10.7. The van der Waals surface area contributed by atoms with Gasteiger partial charge in [0.1, 0.15) is 5.82 Å². The number of aryl methyl sites for hydroxylation is 1. The van der Waals surface area contributed by atoms with Gasteiger partial charge in [0.2, 0.25) is 0 Å². The topological polar surface area (TPSA) is 41.7 Å². The molecule has 0 amide bonds. The van der Waals surface area contributed by atoms with Crippen molar-refractivity contribution < 1.29 is 0 Å². The van der Waals surface area contributed by atoms with Crippen molar-refractivity contribution in [3.63, 3.8) is 0 Å². The van der Waals surface area contributed by atoms with Gasteiger partial charge < -0.3 is 9.98 Å². The number of benzene rings is 1. The number of fused-ring (bicyclic) bond motifs is 1. The molecule has 0 aliphatic rings. The average Bonchev–Trinajstić information content (AvgIpc) is 2.57. The van der Waals surface area contributed by atoms with Crippen LogP contribution in [0.2, 0.25) is 0 Å². The Bertz CT molecular complexity index is 509. The van der Waals surface area contributed by atoms with E-state index in [-0.39, 0.29) is 0 Å². The second-order valence-electron chi connectivity index (χ2n) is 3.37. The second-order valence-corrected chi connectivity index (χ2v) is 3.37. The van der Waals surface area contributed by atoms with Gasteiger partial charge in [-0.05, 0) is 18.2 Å². The zero-order valence-electron chi connectivity index (χ0n) is 8.64. The Kier molecular flexibility index (Phi) is 2.63. The third-order valence-corrected chi connectivity index (χ3v) is 2.41. The van der Waals surface area contributed by atoms with Crippen molar-refractivity contribution >= 4 is 17.2 Å². The van der Waals surface area contributed by atoms with Crippen LogP contribution < -0.4 is 0 Å². The first-order valence-electron chi connectivity index (χ1n) is 4.89. The summed E-state index contributed by atoms with van der Waals surface area (Å²) in [6, 6.07) is 8.08. The Hall–Kier alpha value is -1.90. The number of hydrogen-bond acceptors (Lipinski definition) is 2. The lowest BCUT2D eigenvalue weighted by molar-refractivity contribution is 0.854. The van der Waals surface area contributed by atoms with E-state index in [0.29, 0.717) is 0 Å². The van der Waals surface area contributed by atoms with Crippen LogP contribution in [0.4, 0.5) is 0 Å². The van der Waals surface area contributed by atoms with Gasteiger partial charge >= 0.3 is 0 Å². The van der Waals surface area contributed by atoms with Crippen molar-refractivity contribution in [2.24, 2.45) is 7.05 Å². The molecule has 0 saturated heterocycles. The van der Waals surface area contributed by atoms with Crippen LogP contribution in [0.5, 0.6) is 0 Å². The van der Waals surface area contributed by atoms with Crippen LogP contribution in [-0.4, -0.2) is 15.8 Å². The third kappa shape index (κ3) is 1.81. The van der Waals surface area contributed by atoms with E-state index in [2.05, 4.69) is 15.6 Å². The SMILES string of the molecule is Cn1c(C/C=C\C=N)nc2ccccc21. The normalized spacial score (nSPS) is 11.3. The van der Waals surface area contributed by atoms with Crippen LogP contribution in [0.3, 0.4) is 0 Å². The van der Waals surface area contributed by atoms with Crippen molar-refractivity contribution in [3.05, 3.63) is 42.2 Å². The minimum Gasteiger partial charge on any atom is -0.331 e. The van der Waals surface area contributed by atoms with Gasteiger partial charge in [-0.3, -0.25) is 0 Å². The molecule has 2 aromatic rings. The van der Waals surface area contributed by atoms with Crippen LogP contribution in [0.1, 0.15) is 5.82 Å². The number of aromatic nitrogens is 2. The number of nitrogens with one attached hydrogen (secondary N) is 1. The number of para-hydroxylation sites is 2. The van der Waals surface area contributed by atoms with E-state index in [1.165, 1.54) is 6.21 Å². The molecule has 1 aromatic heterocycles. The quantitative estimate of drug-likeness (QED) is 0.757. The molecule has 1 N–H and O–H groups in total. The first kappa shape index (κ1) is 9.65. The molecule has 0 unspecified atom stereocenters. The second kappa shape index (κ2) is 4.09. The number of rotatable bonds is 3. The summed E-state index contributed by atoms with van der Waals surface area (Å²) in [5.41, 5.74) is 2.18. The molecule has 0 radical (unpaired) electrons. The highest BCUT2D eigenvalue weighted by molar-refractivity contribution is 5.75. The van der Waals surface area contributed by atoms with E-state index in [4.69, 9.17) is 5.41 Å². The summed E-state index contributed by atoms with van der Waals surface area (Å²) in [6.07, 6.45) is 5.71. The summed E-state index contributed by atoms with van der Waals surface area (Å²) < 4.78 is 2.09. The minimum absolute atomic E-state index is 0.764. The first-order chi connectivity index (χ1) is 7.33. The van der Waals surface area contributed by atoms with Gasteiger partial charge in [0.25, 0.3) is 0 Å². The maximum Gasteiger partial charge on any atom is 0.113 e. The van der Waals surface area contributed by atoms with Crippen LogP contribution in [0.15, 0.2) is 36.4 Å². The summed E-state index contributed by atoms with van der Waals surface area (Å²) in [4.78, 5) is 4.52. The van der Waals surface area contributed by atoms with Crippen LogP contribution in [0, 0.1) is 5.41 Å². The number of hydrogen-bond donors (Lipinski definition) is 1. The predicted octanol–water partition coefficient (Wildman–Crippen LogP) is 2.32. The molecule has 0 fully saturated rings. The smallest absolute Gasteiger partial charge is 0.113 e. The fourth-order valence-corrected chi connectivity index (χ4v) is 1.62. The highest BCUT2D eigenvalue weighted by Gasteiger charge is 2.04. The van der Waals surface area contributed by atoms with Crippen molar-refractivity contribution in [1.82, 2.24) is 9.55 Å². The molecule has 0 aliphatic carbocycles. The van der Waals surface area contributed by atoms with Crippen LogP contribution in [0.25, 0.3) is 11.0 Å². The fourth-order valence-electron chi connectivity index (χ4n) is 1.62. The van der Waals surface area contributed by atoms with Gasteiger partial charge in [0.05, 0.1) is 11.0 Å². The Morgan fingerprint density at radius 2 is 2.20 bits per heavy atom. The number of allylic oxidation sites excluding steroid dienone is 2. The highest BCUT2D eigenvalue weighted by Crippen LogP contribution is 2.14. The van der Waals surface area contributed by atoms with Gasteiger partial charge in [0, 0.05) is 19.7 Å². The van der Waals surface area contributed by atoms with E-state index >= 15 is 0 Å². The summed E-state index contributed by atoms with van der Waals surface area (Å²) in [5.74, 6) is 1.02. The van der Waals surface area contributed by atoms with E-state index < -0.39 is 0 Å². The Labute approximate surface area is 88.6 Å². The highest BCUT2D eigenvalue weighted by atomic mass is 15.1. The lowest BCUT2D eigenvalue weighted by atomic mass is 10.3. The van der Waals surface area contributed by atoms with Gasteiger partial charge in [-0.25, -0.2) is 4.98 Å². The number of imidazole rings is 1. The van der Waals surface area contributed by atoms with Crippen molar-refractivity contribution in [3.8, 4) is 0 Å². The molecule has 2 rings (SSSR count). The van der Waals surface area contributed by atoms with Gasteiger partial charge in [-0.1, -0.05) is 18.2 Å². The third-order valence-electron chi connectivity index (χ3n) is 2.41. The van der Waals surface area contributed by atoms with Crippen molar-refractivity contribution in [1.29, 1.82) is 5.41 Å². The molecule has 0 atom stereocenters. The molecule has 0 bridgehead atoms. The molecule has 1 heterocycles. The summed E-state index contributed by atoms with van der Waals surface area (Å²) in [7, 11) is 2.02. The van der Waals surface area contributed by atoms with Crippen LogP contribution in [-0.2, 0) is 13.5 Å². The first-order valence-corrected chi connectivity index (χ1v) is 4.89. The summed E-state index contributed by atoms with van der Waals surface area (Å²) in [6.45, 7) is 0. The van der Waals surface area contributed by atoms with Gasteiger partial charge in [-0.15, -0.1) is 0 Å². The zero-order valence-corrected chi connectivity index (χ0v) is 8.64. The monoisotopic (exact) mass is 199 g/mol. The largest absolute Gasteiger partial charge is 0.331 e. The molecule has 15 heavy (non-hydrogen) atoms. The molecule has 76 valence electrons. The standard InChI is InChI=1S/C12H13N3/c1-15-11-7-3-2-6-10(11)14-12(15)8-4-5-9-13/h2-7,9,13H,8H2,1H3/b5-4-,13-9?. The van der Waals surface area contributed by atoms with E-state index in [9.17, 15) is 0 Å². The van der Waals surface area contributed by atoms with E-state index in [1.54, 1.807) is 6.08 Å². The Morgan fingerprint density at radius 3 is 2.93 bits per heavy atom. The molecular weight excluding hydrogens is 186 g/mol. The van der Waals surface area contributed by atoms with E-state index in [0.717, 1.165) is 23.3 Å². The molecule has 0 aliphatic heterocycles. The Morgan fingerprint density at radius 1 is 1.40 bits per heavy atom. The molecule has 3 heteroatoms. The maximum atomic E-state index is 6.89. The number of nitrogens with zero attached hydrogens (tertiary/aromatic N) is 2. The molecule has 1 aromatic carbocycles. The fraction of sp³-hybridized carbons (Fsp3) is 0.167. The predicted molar refractivity (Wildman–Crippen MR) is 62.3 cm³/mol. The maximum absolute atomic E-state index is 6.89. The van der Waals surface area contributed by atoms with E-state index in [1.807, 2.05) is 31.3 Å². The summed E-state index contributed by atoms with van der Waals surface area (Å²) in [5, 5.41) is 6.89. The molecule has 0 saturated carbocycles. The summed E-state index contributed by atoms with van der Waals surface area (Å²) >= 11 is 0. The van der Waals surface area contributed by atoms with Crippen molar-refractivity contribution in [2.45, 2.75) is 6.42 Å². The van der Waals surface area contributed by atoms with Crippen molar-refractivity contribution in [2.75, 3.05) is 0 Å². The van der Waals surface area contributed by atoms with Crippen LogP contribution >= 0.6 is 0 Å². The molecular formula is C12H13N3. The lowest BCUT2D eigenvalue weighted by Gasteiger charge is -1.97. The molecule has 0 spiro atoms.